The molecule has 0 spiro atoms. The molecule has 1 atom stereocenters. The third-order valence-electron chi connectivity index (χ3n) is 4.61. The lowest BCUT2D eigenvalue weighted by Crippen LogP contribution is -2.45. The highest BCUT2D eigenvalue weighted by Crippen LogP contribution is 2.28. The Balaban J connectivity index is 1.53. The maximum Gasteiger partial charge on any atom is 0.269 e. The van der Waals surface area contributed by atoms with Gasteiger partial charge in [-0.25, -0.2) is 0 Å². The fourth-order valence-electron chi connectivity index (χ4n) is 3.15. The second-order valence-corrected chi connectivity index (χ2v) is 6.65. The third-order valence-corrected chi connectivity index (χ3v) is 4.61. The molecular weight excluding hydrogens is 310 g/mol. The van der Waals surface area contributed by atoms with E-state index < -0.39 is 0 Å². The minimum absolute atomic E-state index is 0.115. The van der Waals surface area contributed by atoms with Gasteiger partial charge in [-0.05, 0) is 18.4 Å². The molecule has 24 heavy (non-hydrogen) atoms. The van der Waals surface area contributed by atoms with Gasteiger partial charge in [0.15, 0.2) is 0 Å². The first-order chi connectivity index (χ1) is 11.6. The summed E-state index contributed by atoms with van der Waals surface area (Å²) in [6.07, 6.45) is 1.94. The third kappa shape index (κ3) is 4.98. The van der Waals surface area contributed by atoms with Crippen LogP contribution in [-0.4, -0.2) is 71.4 Å². The number of rotatable bonds is 8. The van der Waals surface area contributed by atoms with E-state index >= 15 is 0 Å². The molecule has 1 saturated carbocycles. The van der Waals surface area contributed by atoms with Crippen molar-refractivity contribution in [3.63, 3.8) is 0 Å². The smallest absolute Gasteiger partial charge is 0.269 e. The number of hydrogen-bond acceptors (Lipinski definition) is 6. The quantitative estimate of drug-likeness (QED) is 0.569. The average molecular weight is 335 g/mol. The Labute approximate surface area is 142 Å². The monoisotopic (exact) mass is 335 g/mol. The van der Waals surface area contributed by atoms with Crippen LogP contribution < -0.4 is 0 Å². The van der Waals surface area contributed by atoms with E-state index in [1.807, 2.05) is 12.1 Å². The number of nitro benzene ring substituents is 1. The second kappa shape index (κ2) is 8.02. The number of aliphatic hydroxyl groups is 1. The van der Waals surface area contributed by atoms with E-state index in [9.17, 15) is 15.2 Å². The van der Waals surface area contributed by atoms with Crippen LogP contribution in [0.1, 0.15) is 18.4 Å². The molecule has 7 heteroatoms. The maximum absolute atomic E-state index is 10.7. The van der Waals surface area contributed by atoms with E-state index in [2.05, 4.69) is 9.80 Å². The van der Waals surface area contributed by atoms with Crippen LogP contribution >= 0.6 is 0 Å². The molecule has 3 rings (SSSR count). The summed E-state index contributed by atoms with van der Waals surface area (Å²) in [5, 5.41) is 21.2. The van der Waals surface area contributed by atoms with Crippen molar-refractivity contribution in [2.45, 2.75) is 31.5 Å². The number of benzene rings is 1. The molecule has 0 bridgehead atoms. The maximum atomic E-state index is 10.7. The van der Waals surface area contributed by atoms with Crippen molar-refractivity contribution in [1.29, 1.82) is 0 Å². The molecule has 2 aliphatic rings. The zero-order valence-electron chi connectivity index (χ0n) is 13.8. The minimum atomic E-state index is -0.387. The SMILES string of the molecule is O=[N+]([O-])c1ccc(CN(CC(O)CN2CCOCC2)C2CC2)cc1. The van der Waals surface area contributed by atoms with Gasteiger partial charge in [-0.2, -0.15) is 0 Å². The summed E-state index contributed by atoms with van der Waals surface area (Å²) in [7, 11) is 0. The topological polar surface area (TPSA) is 79.1 Å². The van der Waals surface area contributed by atoms with Crippen molar-refractivity contribution in [1.82, 2.24) is 9.80 Å². The van der Waals surface area contributed by atoms with E-state index in [-0.39, 0.29) is 16.7 Å². The van der Waals surface area contributed by atoms with Crippen LogP contribution in [0, 0.1) is 10.1 Å². The molecule has 7 nitrogen and oxygen atoms in total. The lowest BCUT2D eigenvalue weighted by Gasteiger charge is -2.31. The number of nitro groups is 1. The van der Waals surface area contributed by atoms with Crippen LogP contribution in [0.3, 0.4) is 0 Å². The molecule has 0 amide bonds. The van der Waals surface area contributed by atoms with Crippen LogP contribution in [0.15, 0.2) is 24.3 Å². The summed E-state index contributed by atoms with van der Waals surface area (Å²) in [5.74, 6) is 0. The summed E-state index contributed by atoms with van der Waals surface area (Å²) < 4.78 is 5.33. The number of morpholine rings is 1. The van der Waals surface area contributed by atoms with Crippen molar-refractivity contribution >= 4 is 5.69 Å². The number of β-amino-alcohol motifs (C(OH)–C–C–N with tert-alkyl or cyclic N) is 1. The van der Waals surface area contributed by atoms with Gasteiger partial charge in [0.05, 0.1) is 24.2 Å². The van der Waals surface area contributed by atoms with Crippen molar-refractivity contribution < 1.29 is 14.8 Å². The number of ether oxygens (including phenoxy) is 1. The summed E-state index contributed by atoms with van der Waals surface area (Å²) in [6, 6.07) is 7.23. The van der Waals surface area contributed by atoms with E-state index in [0.717, 1.165) is 51.3 Å². The Kier molecular flexibility index (Phi) is 5.78. The highest BCUT2D eigenvalue weighted by Gasteiger charge is 2.30. The van der Waals surface area contributed by atoms with Crippen LogP contribution in [0.5, 0.6) is 0 Å². The second-order valence-electron chi connectivity index (χ2n) is 6.65. The molecule has 1 N–H and O–H groups in total. The molecule has 1 unspecified atom stereocenters. The van der Waals surface area contributed by atoms with Gasteiger partial charge < -0.3 is 9.84 Å². The number of hydrogen-bond donors (Lipinski definition) is 1. The zero-order chi connectivity index (χ0) is 16.9. The van der Waals surface area contributed by atoms with E-state index in [0.29, 0.717) is 19.1 Å². The molecule has 1 aromatic rings. The molecule has 132 valence electrons. The molecule has 1 saturated heterocycles. The van der Waals surface area contributed by atoms with Gasteiger partial charge >= 0.3 is 0 Å². The van der Waals surface area contributed by atoms with Gasteiger partial charge in [-0.3, -0.25) is 19.9 Å². The summed E-state index contributed by atoms with van der Waals surface area (Å²) in [4.78, 5) is 14.9. The van der Waals surface area contributed by atoms with E-state index in [4.69, 9.17) is 4.74 Å². The molecule has 1 aliphatic heterocycles. The van der Waals surface area contributed by atoms with Crippen molar-refractivity contribution in [3.8, 4) is 0 Å². The lowest BCUT2D eigenvalue weighted by molar-refractivity contribution is -0.384. The van der Waals surface area contributed by atoms with Gasteiger partial charge in [0.25, 0.3) is 5.69 Å². The highest BCUT2D eigenvalue weighted by atomic mass is 16.6. The summed E-state index contributed by atoms with van der Waals surface area (Å²) in [5.41, 5.74) is 1.16. The van der Waals surface area contributed by atoms with Crippen molar-refractivity contribution in [2.75, 3.05) is 39.4 Å². The van der Waals surface area contributed by atoms with Gasteiger partial charge in [-0.1, -0.05) is 12.1 Å². The minimum Gasteiger partial charge on any atom is -0.390 e. The first-order valence-electron chi connectivity index (χ1n) is 8.57. The molecule has 0 radical (unpaired) electrons. The predicted octanol–water partition coefficient (Wildman–Crippen LogP) is 1.25. The van der Waals surface area contributed by atoms with Crippen LogP contribution in [-0.2, 0) is 11.3 Å². The molecular formula is C17H25N3O4. The predicted molar refractivity (Wildman–Crippen MR) is 89.8 cm³/mol. The van der Waals surface area contributed by atoms with Crippen molar-refractivity contribution in [3.05, 3.63) is 39.9 Å². The van der Waals surface area contributed by atoms with Crippen LogP contribution in [0.4, 0.5) is 5.69 Å². The highest BCUT2D eigenvalue weighted by molar-refractivity contribution is 5.32. The molecule has 1 heterocycles. The average Bonchev–Trinajstić information content (AvgIpc) is 3.40. The van der Waals surface area contributed by atoms with Gasteiger partial charge in [-0.15, -0.1) is 0 Å². The fourth-order valence-corrected chi connectivity index (χ4v) is 3.15. The Bertz CT molecular complexity index is 541. The standard InChI is InChI=1S/C17H25N3O4/c21-17(12-18-7-9-24-10-8-18)13-19(15-5-6-15)11-14-1-3-16(4-2-14)20(22)23/h1-4,15,17,21H,5-13H2. The Hall–Kier alpha value is -1.54. The zero-order valence-corrected chi connectivity index (χ0v) is 13.8. The summed E-state index contributed by atoms with van der Waals surface area (Å²) >= 11 is 0. The Morgan fingerprint density at radius 2 is 1.96 bits per heavy atom. The molecule has 0 aromatic heterocycles. The lowest BCUT2D eigenvalue weighted by atomic mass is 10.1. The molecule has 1 aromatic carbocycles. The summed E-state index contributed by atoms with van der Waals surface area (Å²) in [6.45, 7) is 5.27. The Morgan fingerprint density at radius 1 is 1.29 bits per heavy atom. The van der Waals surface area contributed by atoms with Gasteiger partial charge in [0.1, 0.15) is 0 Å². The van der Waals surface area contributed by atoms with Gasteiger partial charge in [0.2, 0.25) is 0 Å². The Morgan fingerprint density at radius 3 is 2.54 bits per heavy atom. The first-order valence-corrected chi connectivity index (χ1v) is 8.57. The molecule has 1 aliphatic carbocycles. The number of non-ortho nitro benzene ring substituents is 1. The van der Waals surface area contributed by atoms with E-state index in [1.165, 1.54) is 0 Å². The van der Waals surface area contributed by atoms with Crippen LogP contribution in [0.2, 0.25) is 0 Å². The van der Waals surface area contributed by atoms with Gasteiger partial charge in [0, 0.05) is 50.9 Å². The number of aliphatic hydroxyl groups excluding tert-OH is 1. The first kappa shape index (κ1) is 17.3. The normalized spacial score (nSPS) is 20.2. The number of nitrogens with zero attached hydrogens (tertiary/aromatic N) is 3. The van der Waals surface area contributed by atoms with Crippen LogP contribution in [0.25, 0.3) is 0 Å². The molecule has 2 fully saturated rings. The van der Waals surface area contributed by atoms with Crippen molar-refractivity contribution in [2.24, 2.45) is 0 Å². The fraction of sp³-hybridized carbons (Fsp3) is 0.647. The largest absolute Gasteiger partial charge is 0.390 e. The van der Waals surface area contributed by atoms with E-state index in [1.54, 1.807) is 12.1 Å².